The molecule has 0 amide bonds. The van der Waals surface area contributed by atoms with Crippen LogP contribution in [0, 0.1) is 0 Å². The SMILES string of the molecule is CCCCOc1ccc(S(=O)(=O)O)c(OCCCC)c1.[KH]. The van der Waals surface area contributed by atoms with Crippen LogP contribution in [0.1, 0.15) is 39.5 Å². The molecule has 21 heavy (non-hydrogen) atoms. The Bertz CT molecular complexity index is 516. The molecule has 1 aromatic rings. The first-order chi connectivity index (χ1) is 9.49. The number of ether oxygens (including phenoxy) is 2. The molecule has 0 fully saturated rings. The zero-order chi connectivity index (χ0) is 15.0. The van der Waals surface area contributed by atoms with Gasteiger partial charge in [-0.15, -0.1) is 0 Å². The first kappa shape index (κ1) is 21.4. The zero-order valence-electron chi connectivity index (χ0n) is 12.0. The fourth-order valence-corrected chi connectivity index (χ4v) is 2.18. The number of benzene rings is 1. The number of hydrogen-bond donors (Lipinski definition) is 1. The van der Waals surface area contributed by atoms with Gasteiger partial charge in [-0.25, -0.2) is 0 Å². The Morgan fingerprint density at radius 2 is 1.62 bits per heavy atom. The summed E-state index contributed by atoms with van der Waals surface area (Å²) in [5.74, 6) is 0.673. The maximum atomic E-state index is 11.3. The first-order valence-corrected chi connectivity index (χ1v) is 8.30. The summed E-state index contributed by atoms with van der Waals surface area (Å²) >= 11 is 0. The maximum absolute atomic E-state index is 11.3. The van der Waals surface area contributed by atoms with E-state index < -0.39 is 10.1 Å². The molecule has 0 aromatic heterocycles. The Morgan fingerprint density at radius 3 is 2.14 bits per heavy atom. The van der Waals surface area contributed by atoms with Crippen LogP contribution >= 0.6 is 0 Å². The average molecular weight is 342 g/mol. The van der Waals surface area contributed by atoms with Crippen LogP contribution in [0.3, 0.4) is 0 Å². The van der Waals surface area contributed by atoms with E-state index in [1.54, 1.807) is 0 Å². The molecular formula is C14H23KO5S. The van der Waals surface area contributed by atoms with Crippen molar-refractivity contribution in [1.29, 1.82) is 0 Å². The van der Waals surface area contributed by atoms with Crippen molar-refractivity contribution >= 4 is 61.5 Å². The van der Waals surface area contributed by atoms with E-state index in [1.807, 2.05) is 6.92 Å². The Morgan fingerprint density at radius 1 is 1.05 bits per heavy atom. The molecule has 7 heteroatoms. The monoisotopic (exact) mass is 342 g/mol. The second kappa shape index (κ2) is 11.0. The van der Waals surface area contributed by atoms with E-state index in [2.05, 4.69) is 6.92 Å². The fourth-order valence-electron chi connectivity index (χ4n) is 1.56. The second-order valence-electron chi connectivity index (χ2n) is 4.49. The van der Waals surface area contributed by atoms with Gasteiger partial charge in [0.25, 0.3) is 10.1 Å². The molecule has 5 nitrogen and oxygen atoms in total. The molecule has 0 aliphatic carbocycles. The fraction of sp³-hybridized carbons (Fsp3) is 0.571. The van der Waals surface area contributed by atoms with Crippen LogP contribution in [0.2, 0.25) is 0 Å². The van der Waals surface area contributed by atoms with E-state index >= 15 is 0 Å². The van der Waals surface area contributed by atoms with Crippen molar-refractivity contribution in [1.82, 2.24) is 0 Å². The van der Waals surface area contributed by atoms with Crippen molar-refractivity contribution in [3.05, 3.63) is 18.2 Å². The molecule has 0 saturated carbocycles. The van der Waals surface area contributed by atoms with Gasteiger partial charge in [0, 0.05) is 6.07 Å². The summed E-state index contributed by atoms with van der Waals surface area (Å²) < 4.78 is 42.7. The molecule has 0 radical (unpaired) electrons. The third-order valence-corrected chi connectivity index (χ3v) is 3.61. The Balaban J connectivity index is 0.00000400. The molecular weight excluding hydrogens is 319 g/mol. The van der Waals surface area contributed by atoms with Crippen molar-refractivity contribution in [3.8, 4) is 11.5 Å². The van der Waals surface area contributed by atoms with Gasteiger partial charge in [0.05, 0.1) is 13.2 Å². The molecule has 0 saturated heterocycles. The molecule has 0 atom stereocenters. The summed E-state index contributed by atoms with van der Waals surface area (Å²) in [7, 11) is -4.29. The van der Waals surface area contributed by atoms with Gasteiger partial charge in [-0.05, 0) is 25.0 Å². The summed E-state index contributed by atoms with van der Waals surface area (Å²) in [6.07, 6.45) is 3.69. The summed E-state index contributed by atoms with van der Waals surface area (Å²) in [4.78, 5) is -0.226. The minimum absolute atomic E-state index is 0. The normalized spacial score (nSPS) is 10.8. The van der Waals surface area contributed by atoms with Crippen LogP contribution in [0.15, 0.2) is 23.1 Å². The Hall–Kier alpha value is 0.366. The van der Waals surface area contributed by atoms with Crippen LogP contribution in [0.25, 0.3) is 0 Å². The van der Waals surface area contributed by atoms with E-state index in [0.717, 1.165) is 25.7 Å². The third-order valence-electron chi connectivity index (χ3n) is 2.72. The predicted octanol–water partition coefficient (Wildman–Crippen LogP) is 2.64. The van der Waals surface area contributed by atoms with Gasteiger partial charge in [-0.3, -0.25) is 4.55 Å². The van der Waals surface area contributed by atoms with Crippen molar-refractivity contribution in [2.24, 2.45) is 0 Å². The van der Waals surface area contributed by atoms with Gasteiger partial charge in [-0.1, -0.05) is 26.7 Å². The molecule has 0 aliphatic heterocycles. The molecule has 1 aromatic carbocycles. The molecule has 0 heterocycles. The summed E-state index contributed by atoms with van der Waals surface area (Å²) in [6.45, 7) is 5.04. The Kier molecular flexibility index (Phi) is 11.2. The molecule has 1 rings (SSSR count). The van der Waals surface area contributed by atoms with E-state index in [9.17, 15) is 13.0 Å². The second-order valence-corrected chi connectivity index (χ2v) is 5.88. The third kappa shape index (κ3) is 7.97. The molecule has 0 unspecified atom stereocenters. The molecule has 0 bridgehead atoms. The number of rotatable bonds is 9. The standard InChI is InChI=1S/C14H22O5S.K.H/c1-3-5-9-18-12-7-8-14(20(15,16)17)13(11-12)19-10-6-4-2;;/h7-8,11H,3-6,9-10H2,1-2H3,(H,15,16,17);;. The summed E-state index contributed by atoms with van der Waals surface area (Å²) in [5.41, 5.74) is 0. The molecule has 1 N–H and O–H groups in total. The van der Waals surface area contributed by atoms with E-state index in [1.165, 1.54) is 18.2 Å². The molecule has 0 spiro atoms. The van der Waals surface area contributed by atoms with Gasteiger partial charge in [0.1, 0.15) is 16.4 Å². The predicted molar refractivity (Wildman–Crippen MR) is 84.2 cm³/mol. The van der Waals surface area contributed by atoms with Gasteiger partial charge >= 0.3 is 51.4 Å². The molecule has 116 valence electrons. The van der Waals surface area contributed by atoms with Crippen LogP contribution in [0.4, 0.5) is 0 Å². The van der Waals surface area contributed by atoms with Crippen molar-refractivity contribution in [2.75, 3.05) is 13.2 Å². The summed E-state index contributed by atoms with van der Waals surface area (Å²) in [6, 6.07) is 4.33. The summed E-state index contributed by atoms with van der Waals surface area (Å²) in [5, 5.41) is 0. The van der Waals surface area contributed by atoms with Gasteiger partial charge in [0.2, 0.25) is 0 Å². The first-order valence-electron chi connectivity index (χ1n) is 6.86. The number of unbranched alkanes of at least 4 members (excludes halogenated alkanes) is 2. The van der Waals surface area contributed by atoms with Gasteiger partial charge < -0.3 is 9.47 Å². The zero-order valence-corrected chi connectivity index (χ0v) is 12.8. The van der Waals surface area contributed by atoms with E-state index in [-0.39, 0.29) is 62.0 Å². The Labute approximate surface area is 169 Å². The van der Waals surface area contributed by atoms with Crippen LogP contribution < -0.4 is 9.47 Å². The quantitative estimate of drug-likeness (QED) is 0.424. The van der Waals surface area contributed by atoms with Crippen LogP contribution in [-0.2, 0) is 10.1 Å². The van der Waals surface area contributed by atoms with Gasteiger partial charge in [-0.2, -0.15) is 8.42 Å². The average Bonchev–Trinajstić information content (AvgIpc) is 2.38. The molecule has 0 aliphatic rings. The van der Waals surface area contributed by atoms with Crippen LogP contribution in [0.5, 0.6) is 11.5 Å². The van der Waals surface area contributed by atoms with E-state index in [4.69, 9.17) is 9.47 Å². The van der Waals surface area contributed by atoms with E-state index in [0.29, 0.717) is 19.0 Å². The van der Waals surface area contributed by atoms with Crippen molar-refractivity contribution in [2.45, 2.75) is 44.4 Å². The van der Waals surface area contributed by atoms with Crippen LogP contribution in [-0.4, -0.2) is 77.6 Å². The van der Waals surface area contributed by atoms with Crippen molar-refractivity contribution in [3.63, 3.8) is 0 Å². The van der Waals surface area contributed by atoms with Gasteiger partial charge in [0.15, 0.2) is 0 Å². The minimum atomic E-state index is -4.29. The number of hydrogen-bond acceptors (Lipinski definition) is 4. The topological polar surface area (TPSA) is 72.8 Å². The van der Waals surface area contributed by atoms with Crippen molar-refractivity contribution < 1.29 is 22.4 Å².